The van der Waals surface area contributed by atoms with E-state index in [-0.39, 0.29) is 23.2 Å². The Morgan fingerprint density at radius 1 is 1.23 bits per heavy atom. The lowest BCUT2D eigenvalue weighted by molar-refractivity contribution is -0.147. The van der Waals surface area contributed by atoms with Crippen LogP contribution in [-0.2, 0) is 14.3 Å². The van der Waals surface area contributed by atoms with E-state index in [9.17, 15) is 14.4 Å². The lowest BCUT2D eigenvalue weighted by Crippen LogP contribution is -2.34. The molecule has 6 nitrogen and oxygen atoms in total. The van der Waals surface area contributed by atoms with Crippen LogP contribution in [0.3, 0.4) is 0 Å². The highest BCUT2D eigenvalue weighted by atomic mass is 35.5. The second-order valence-corrected chi connectivity index (χ2v) is 7.10. The van der Waals surface area contributed by atoms with Crippen LogP contribution in [0.5, 0.6) is 0 Å². The van der Waals surface area contributed by atoms with Gasteiger partial charge in [0.05, 0.1) is 16.6 Å². The van der Waals surface area contributed by atoms with Crippen LogP contribution in [-0.4, -0.2) is 30.9 Å². The molecule has 0 aliphatic heterocycles. The van der Waals surface area contributed by atoms with Gasteiger partial charge in [-0.05, 0) is 36.6 Å². The fourth-order valence-corrected chi connectivity index (χ4v) is 3.24. The summed E-state index contributed by atoms with van der Waals surface area (Å²) in [6.07, 6.45) is 0. The average Bonchev–Trinajstić information content (AvgIpc) is 3.12. The molecule has 1 aromatic heterocycles. The van der Waals surface area contributed by atoms with E-state index >= 15 is 0 Å². The number of nitrogens with one attached hydrogen (secondary N) is 2. The first kappa shape index (κ1) is 20.2. The minimum atomic E-state index is -0.734. The maximum absolute atomic E-state index is 12.0. The lowest BCUT2D eigenvalue weighted by atomic mass is 10.2. The van der Waals surface area contributed by atoms with E-state index in [0.717, 1.165) is 4.88 Å². The quantitative estimate of drug-likeness (QED) is 0.681. The van der Waals surface area contributed by atoms with E-state index in [1.54, 1.807) is 0 Å². The standard InChI is InChI=1S/C17H16Cl2N2O4S/c1-10(14-3-2-6-26-14)21-15(22)9-25-16(23)8-20-17(24)12-5-4-11(18)7-13(12)19/h2-7,10H,8-9H2,1H3,(H,20,24)(H,21,22)/t10-/m0/s1. The van der Waals surface area contributed by atoms with Gasteiger partial charge in [0.15, 0.2) is 6.61 Å². The Bertz CT molecular complexity index is 796. The summed E-state index contributed by atoms with van der Waals surface area (Å²) in [5.74, 6) is -1.70. The smallest absolute Gasteiger partial charge is 0.325 e. The van der Waals surface area contributed by atoms with Crippen LogP contribution in [0.1, 0.15) is 28.2 Å². The molecule has 1 atom stereocenters. The molecule has 0 aliphatic rings. The SMILES string of the molecule is C[C@H](NC(=O)COC(=O)CNC(=O)c1ccc(Cl)cc1Cl)c1cccs1. The Hall–Kier alpha value is -2.09. The predicted molar refractivity (Wildman–Crippen MR) is 101 cm³/mol. The molecule has 0 bridgehead atoms. The molecule has 26 heavy (non-hydrogen) atoms. The van der Waals surface area contributed by atoms with Crippen LogP contribution in [0.4, 0.5) is 0 Å². The molecule has 0 radical (unpaired) electrons. The number of ether oxygens (including phenoxy) is 1. The zero-order chi connectivity index (χ0) is 19.1. The van der Waals surface area contributed by atoms with Crippen molar-refractivity contribution in [1.82, 2.24) is 10.6 Å². The molecule has 0 spiro atoms. The molecule has 0 saturated carbocycles. The highest BCUT2D eigenvalue weighted by Gasteiger charge is 2.15. The Morgan fingerprint density at radius 2 is 2.00 bits per heavy atom. The van der Waals surface area contributed by atoms with Crippen LogP contribution >= 0.6 is 34.5 Å². The van der Waals surface area contributed by atoms with Gasteiger partial charge in [0.25, 0.3) is 11.8 Å². The zero-order valence-corrected chi connectivity index (χ0v) is 16.1. The summed E-state index contributed by atoms with van der Waals surface area (Å²) in [5.41, 5.74) is 0.186. The fraction of sp³-hybridized carbons (Fsp3) is 0.235. The van der Waals surface area contributed by atoms with Crippen LogP contribution in [0, 0.1) is 0 Å². The third kappa shape index (κ3) is 6.01. The minimum absolute atomic E-state index is 0.172. The number of carbonyl (C=O) groups is 3. The van der Waals surface area contributed by atoms with Gasteiger partial charge in [0.1, 0.15) is 6.54 Å². The predicted octanol–water partition coefficient (Wildman–Crippen LogP) is 3.21. The Morgan fingerprint density at radius 3 is 2.65 bits per heavy atom. The average molecular weight is 415 g/mol. The third-order valence-corrected chi connectivity index (χ3v) is 4.88. The molecule has 2 N–H and O–H groups in total. The molecule has 1 heterocycles. The number of thiophene rings is 1. The van der Waals surface area contributed by atoms with Gasteiger partial charge in [0.2, 0.25) is 0 Å². The van der Waals surface area contributed by atoms with Gasteiger partial charge in [-0.15, -0.1) is 11.3 Å². The normalized spacial score (nSPS) is 11.5. The second-order valence-electron chi connectivity index (χ2n) is 5.27. The summed E-state index contributed by atoms with van der Waals surface area (Å²) < 4.78 is 4.84. The molecule has 9 heteroatoms. The molecular formula is C17H16Cl2N2O4S. The molecule has 2 rings (SSSR count). The Kier molecular flexibility index (Phi) is 7.44. The van der Waals surface area contributed by atoms with Gasteiger partial charge in [0, 0.05) is 9.90 Å². The molecule has 138 valence electrons. The van der Waals surface area contributed by atoms with E-state index in [2.05, 4.69) is 10.6 Å². The van der Waals surface area contributed by atoms with Crippen LogP contribution < -0.4 is 10.6 Å². The largest absolute Gasteiger partial charge is 0.454 e. The van der Waals surface area contributed by atoms with Gasteiger partial charge in [-0.3, -0.25) is 14.4 Å². The van der Waals surface area contributed by atoms with Crippen molar-refractivity contribution < 1.29 is 19.1 Å². The van der Waals surface area contributed by atoms with Crippen molar-refractivity contribution in [2.24, 2.45) is 0 Å². The van der Waals surface area contributed by atoms with Gasteiger partial charge < -0.3 is 15.4 Å². The summed E-state index contributed by atoms with van der Waals surface area (Å²) in [6, 6.07) is 8.00. The number of hydrogen-bond acceptors (Lipinski definition) is 5. The Labute approximate surface area is 164 Å². The van der Waals surface area contributed by atoms with Crippen molar-refractivity contribution in [3.63, 3.8) is 0 Å². The maximum Gasteiger partial charge on any atom is 0.325 e. The van der Waals surface area contributed by atoms with Crippen LogP contribution in [0.15, 0.2) is 35.7 Å². The highest BCUT2D eigenvalue weighted by molar-refractivity contribution is 7.10. The minimum Gasteiger partial charge on any atom is -0.454 e. The zero-order valence-electron chi connectivity index (χ0n) is 13.8. The highest BCUT2D eigenvalue weighted by Crippen LogP contribution is 2.20. The monoisotopic (exact) mass is 414 g/mol. The van der Waals surface area contributed by atoms with E-state index in [1.165, 1.54) is 29.5 Å². The molecule has 1 aromatic carbocycles. The maximum atomic E-state index is 12.0. The number of hydrogen-bond donors (Lipinski definition) is 2. The van der Waals surface area contributed by atoms with E-state index in [0.29, 0.717) is 5.02 Å². The Balaban J connectivity index is 1.73. The number of rotatable bonds is 7. The van der Waals surface area contributed by atoms with E-state index in [4.69, 9.17) is 27.9 Å². The number of amides is 2. The number of esters is 1. The van der Waals surface area contributed by atoms with Crippen molar-refractivity contribution >= 4 is 52.3 Å². The van der Waals surface area contributed by atoms with E-state index < -0.39 is 24.4 Å². The van der Waals surface area contributed by atoms with Gasteiger partial charge >= 0.3 is 5.97 Å². The topological polar surface area (TPSA) is 84.5 Å². The molecule has 2 amide bonds. The summed E-state index contributed by atoms with van der Waals surface area (Å²) in [4.78, 5) is 36.4. The van der Waals surface area contributed by atoms with E-state index in [1.807, 2.05) is 24.4 Å². The molecule has 0 saturated heterocycles. The molecule has 0 aliphatic carbocycles. The number of carbonyl (C=O) groups excluding carboxylic acids is 3. The van der Waals surface area contributed by atoms with Crippen molar-refractivity contribution in [2.45, 2.75) is 13.0 Å². The summed E-state index contributed by atoms with van der Waals surface area (Å²) >= 11 is 13.2. The van der Waals surface area contributed by atoms with Crippen LogP contribution in [0.25, 0.3) is 0 Å². The lowest BCUT2D eigenvalue weighted by Gasteiger charge is -2.12. The van der Waals surface area contributed by atoms with Crippen molar-refractivity contribution in [1.29, 1.82) is 0 Å². The van der Waals surface area contributed by atoms with Crippen molar-refractivity contribution in [3.05, 3.63) is 56.2 Å². The van der Waals surface area contributed by atoms with Crippen molar-refractivity contribution in [2.75, 3.05) is 13.2 Å². The summed E-state index contributed by atoms with van der Waals surface area (Å²) in [6.45, 7) is 1.03. The van der Waals surface area contributed by atoms with Crippen LogP contribution in [0.2, 0.25) is 10.0 Å². The first-order chi connectivity index (χ1) is 12.4. The van der Waals surface area contributed by atoms with Gasteiger partial charge in [-0.1, -0.05) is 29.3 Å². The fourth-order valence-electron chi connectivity index (χ4n) is 2.01. The van der Waals surface area contributed by atoms with Gasteiger partial charge in [-0.2, -0.15) is 0 Å². The van der Waals surface area contributed by atoms with Crippen molar-refractivity contribution in [3.8, 4) is 0 Å². The molecule has 2 aromatic rings. The first-order valence-electron chi connectivity index (χ1n) is 7.58. The number of benzene rings is 1. The molecule has 0 unspecified atom stereocenters. The molecule has 0 fully saturated rings. The summed E-state index contributed by atoms with van der Waals surface area (Å²) in [7, 11) is 0. The first-order valence-corrected chi connectivity index (χ1v) is 9.22. The molecular weight excluding hydrogens is 399 g/mol. The summed E-state index contributed by atoms with van der Waals surface area (Å²) in [5, 5.41) is 7.57. The number of halogens is 2. The second kappa shape index (κ2) is 9.56. The third-order valence-electron chi connectivity index (χ3n) is 3.28. The van der Waals surface area contributed by atoms with Gasteiger partial charge in [-0.25, -0.2) is 0 Å².